The second-order valence-electron chi connectivity index (χ2n) is 5.34. The summed E-state index contributed by atoms with van der Waals surface area (Å²) in [7, 11) is 2.21. The Morgan fingerprint density at radius 1 is 1.11 bits per heavy atom. The Balaban J connectivity index is 2.99. The van der Waals surface area contributed by atoms with Gasteiger partial charge in [-0.15, -0.1) is 0 Å². The maximum Gasteiger partial charge on any atom is 0.0414 e. The molecule has 0 saturated heterocycles. The van der Waals surface area contributed by atoms with Gasteiger partial charge in [-0.25, -0.2) is 0 Å². The average molecular weight is 262 g/mol. The van der Waals surface area contributed by atoms with Crippen LogP contribution in [0.15, 0.2) is 24.3 Å². The van der Waals surface area contributed by atoms with Gasteiger partial charge < -0.3 is 10.2 Å². The topological polar surface area (TPSA) is 15.3 Å². The van der Waals surface area contributed by atoms with Crippen LogP contribution < -0.4 is 10.2 Å². The lowest BCUT2D eigenvalue weighted by Gasteiger charge is -2.31. The molecule has 2 unspecified atom stereocenters. The van der Waals surface area contributed by atoms with Gasteiger partial charge >= 0.3 is 0 Å². The van der Waals surface area contributed by atoms with Crippen molar-refractivity contribution < 1.29 is 0 Å². The minimum atomic E-state index is 0.461. The van der Waals surface area contributed by atoms with Gasteiger partial charge in [-0.05, 0) is 44.4 Å². The van der Waals surface area contributed by atoms with E-state index in [1.165, 1.54) is 24.1 Å². The standard InChI is InChI=1S/C17H30N2/c1-6-13-18-16(8-3)15-11-9-10-12-17(15)19(5)14(4)7-2/h9-12,14,16,18H,6-8,13H2,1-5H3. The lowest BCUT2D eigenvalue weighted by atomic mass is 10.0. The molecule has 0 aromatic heterocycles. The molecule has 19 heavy (non-hydrogen) atoms. The van der Waals surface area contributed by atoms with Crippen LogP contribution in [0.2, 0.25) is 0 Å². The van der Waals surface area contributed by atoms with Crippen molar-refractivity contribution in [2.75, 3.05) is 18.5 Å². The average Bonchev–Trinajstić information content (AvgIpc) is 2.47. The molecule has 1 aromatic rings. The molecule has 0 bridgehead atoms. The number of hydrogen-bond acceptors (Lipinski definition) is 2. The Morgan fingerprint density at radius 3 is 2.37 bits per heavy atom. The van der Waals surface area contributed by atoms with Crippen molar-refractivity contribution in [2.45, 2.75) is 59.0 Å². The van der Waals surface area contributed by atoms with Crippen LogP contribution in [-0.4, -0.2) is 19.6 Å². The van der Waals surface area contributed by atoms with Gasteiger partial charge in [0.25, 0.3) is 0 Å². The maximum atomic E-state index is 3.66. The molecule has 1 N–H and O–H groups in total. The van der Waals surface area contributed by atoms with Gasteiger partial charge in [-0.3, -0.25) is 0 Å². The Labute approximate surface area is 119 Å². The lowest BCUT2D eigenvalue weighted by Crippen LogP contribution is -2.31. The number of para-hydroxylation sites is 1. The molecule has 0 fully saturated rings. The van der Waals surface area contributed by atoms with Gasteiger partial charge in [0.1, 0.15) is 0 Å². The predicted octanol–water partition coefficient (Wildman–Crippen LogP) is 4.37. The van der Waals surface area contributed by atoms with Crippen molar-refractivity contribution in [1.82, 2.24) is 5.32 Å². The van der Waals surface area contributed by atoms with E-state index in [1.807, 2.05) is 0 Å². The molecule has 2 atom stereocenters. The molecule has 2 nitrogen and oxygen atoms in total. The first-order valence-electron chi connectivity index (χ1n) is 7.70. The third-order valence-electron chi connectivity index (χ3n) is 3.99. The summed E-state index contributed by atoms with van der Waals surface area (Å²) in [5, 5.41) is 3.66. The third kappa shape index (κ3) is 4.24. The van der Waals surface area contributed by atoms with Crippen LogP contribution in [0.5, 0.6) is 0 Å². The molecule has 108 valence electrons. The molecule has 0 spiro atoms. The van der Waals surface area contributed by atoms with E-state index in [1.54, 1.807) is 0 Å². The first-order chi connectivity index (χ1) is 9.15. The number of rotatable bonds is 8. The summed E-state index contributed by atoms with van der Waals surface area (Å²) in [4.78, 5) is 2.41. The van der Waals surface area contributed by atoms with E-state index in [-0.39, 0.29) is 0 Å². The molecule has 1 rings (SSSR count). The molecule has 0 aliphatic heterocycles. The van der Waals surface area contributed by atoms with Crippen molar-refractivity contribution in [2.24, 2.45) is 0 Å². The summed E-state index contributed by atoms with van der Waals surface area (Å²) in [5.74, 6) is 0. The Hall–Kier alpha value is -1.02. The van der Waals surface area contributed by atoms with Crippen molar-refractivity contribution in [3.05, 3.63) is 29.8 Å². The molecular weight excluding hydrogens is 232 g/mol. The van der Waals surface area contributed by atoms with Gasteiger partial charge in [-0.2, -0.15) is 0 Å². The third-order valence-corrected chi connectivity index (χ3v) is 3.99. The van der Waals surface area contributed by atoms with Gasteiger partial charge in [0.05, 0.1) is 0 Å². The molecule has 0 radical (unpaired) electrons. The molecule has 2 heteroatoms. The van der Waals surface area contributed by atoms with Crippen LogP contribution in [0.1, 0.15) is 58.6 Å². The second-order valence-corrected chi connectivity index (χ2v) is 5.34. The molecule has 0 saturated carbocycles. The first kappa shape index (κ1) is 16.0. The van der Waals surface area contributed by atoms with Crippen LogP contribution in [0.25, 0.3) is 0 Å². The fourth-order valence-corrected chi connectivity index (χ4v) is 2.41. The van der Waals surface area contributed by atoms with E-state index in [2.05, 4.69) is 69.2 Å². The van der Waals surface area contributed by atoms with Gasteiger partial charge in [-0.1, -0.05) is 39.0 Å². The predicted molar refractivity (Wildman–Crippen MR) is 85.9 cm³/mol. The summed E-state index contributed by atoms with van der Waals surface area (Å²) >= 11 is 0. The monoisotopic (exact) mass is 262 g/mol. The van der Waals surface area contributed by atoms with Crippen LogP contribution in [0.4, 0.5) is 5.69 Å². The minimum absolute atomic E-state index is 0.461. The van der Waals surface area contributed by atoms with Crippen LogP contribution in [0.3, 0.4) is 0 Å². The zero-order chi connectivity index (χ0) is 14.3. The highest BCUT2D eigenvalue weighted by molar-refractivity contribution is 5.55. The van der Waals surface area contributed by atoms with E-state index in [0.717, 1.165) is 13.0 Å². The fourth-order valence-electron chi connectivity index (χ4n) is 2.41. The van der Waals surface area contributed by atoms with Crippen molar-refractivity contribution in [3.63, 3.8) is 0 Å². The molecule has 1 aromatic carbocycles. The summed E-state index contributed by atoms with van der Waals surface area (Å²) in [6.45, 7) is 10.1. The van der Waals surface area contributed by atoms with Gasteiger partial charge in [0.2, 0.25) is 0 Å². The van der Waals surface area contributed by atoms with E-state index in [0.29, 0.717) is 12.1 Å². The van der Waals surface area contributed by atoms with Crippen molar-refractivity contribution >= 4 is 5.69 Å². The summed E-state index contributed by atoms with van der Waals surface area (Å²) in [6.07, 6.45) is 3.48. The van der Waals surface area contributed by atoms with E-state index >= 15 is 0 Å². The zero-order valence-corrected chi connectivity index (χ0v) is 13.2. The zero-order valence-electron chi connectivity index (χ0n) is 13.2. The molecule has 0 aliphatic rings. The summed E-state index contributed by atoms with van der Waals surface area (Å²) in [5.41, 5.74) is 2.80. The number of nitrogens with one attached hydrogen (secondary N) is 1. The van der Waals surface area contributed by atoms with Crippen LogP contribution in [0, 0.1) is 0 Å². The Bertz CT molecular complexity index is 362. The second kappa shape index (κ2) is 8.21. The van der Waals surface area contributed by atoms with E-state index in [9.17, 15) is 0 Å². The summed E-state index contributed by atoms with van der Waals surface area (Å²) < 4.78 is 0. The normalized spacial score (nSPS) is 14.2. The summed E-state index contributed by atoms with van der Waals surface area (Å²) in [6, 6.07) is 9.85. The van der Waals surface area contributed by atoms with Gasteiger partial charge in [0, 0.05) is 24.8 Å². The first-order valence-corrected chi connectivity index (χ1v) is 7.70. The highest BCUT2D eigenvalue weighted by atomic mass is 15.1. The van der Waals surface area contributed by atoms with E-state index < -0.39 is 0 Å². The molecule has 0 aliphatic carbocycles. The number of anilines is 1. The number of benzene rings is 1. The highest BCUT2D eigenvalue weighted by Crippen LogP contribution is 2.29. The lowest BCUT2D eigenvalue weighted by molar-refractivity contribution is 0.516. The Morgan fingerprint density at radius 2 is 1.79 bits per heavy atom. The number of hydrogen-bond donors (Lipinski definition) is 1. The highest BCUT2D eigenvalue weighted by Gasteiger charge is 2.17. The molecule has 0 amide bonds. The van der Waals surface area contributed by atoms with Gasteiger partial charge in [0.15, 0.2) is 0 Å². The number of nitrogens with zero attached hydrogens (tertiary/aromatic N) is 1. The minimum Gasteiger partial charge on any atom is -0.372 e. The van der Waals surface area contributed by atoms with Crippen LogP contribution >= 0.6 is 0 Å². The maximum absolute atomic E-state index is 3.66. The Kier molecular flexibility index (Phi) is 6.93. The van der Waals surface area contributed by atoms with Crippen LogP contribution in [-0.2, 0) is 0 Å². The molecular formula is C17H30N2. The van der Waals surface area contributed by atoms with E-state index in [4.69, 9.17) is 0 Å². The SMILES string of the molecule is CCCNC(CC)c1ccccc1N(C)C(C)CC. The van der Waals surface area contributed by atoms with Crippen molar-refractivity contribution in [3.8, 4) is 0 Å². The fraction of sp³-hybridized carbons (Fsp3) is 0.647. The van der Waals surface area contributed by atoms with Crippen molar-refractivity contribution in [1.29, 1.82) is 0 Å². The molecule has 0 heterocycles. The smallest absolute Gasteiger partial charge is 0.0414 e. The largest absolute Gasteiger partial charge is 0.372 e. The quantitative estimate of drug-likeness (QED) is 0.748.